The molecule has 0 nitrogen and oxygen atoms in total. The Labute approximate surface area is 184 Å². The Morgan fingerprint density at radius 1 is 0.968 bits per heavy atom. The fourth-order valence-corrected chi connectivity index (χ4v) is 3.91. The van der Waals surface area contributed by atoms with Gasteiger partial charge in [-0.05, 0) is 86.0 Å². The summed E-state index contributed by atoms with van der Waals surface area (Å²) in [5.74, 6) is -3.36. The molecule has 0 spiro atoms. The van der Waals surface area contributed by atoms with Crippen LogP contribution in [0, 0.1) is 23.5 Å². The third kappa shape index (κ3) is 6.69. The van der Waals surface area contributed by atoms with Crippen LogP contribution in [0.5, 0.6) is 0 Å². The van der Waals surface area contributed by atoms with Crippen molar-refractivity contribution in [2.45, 2.75) is 72.1 Å². The number of hydrogen-bond acceptors (Lipinski definition) is 0. The van der Waals surface area contributed by atoms with Gasteiger partial charge in [-0.25, -0.2) is 17.6 Å². The predicted octanol–water partition coefficient (Wildman–Crippen LogP) is 9.19. The SMILES string of the molecule is C=C(C)/C(F)=C(/F)C(=C)C(C)CCC(C)CCc1ccc(C2=CCCCC2)c(F)c1F. The predicted molar refractivity (Wildman–Crippen MR) is 122 cm³/mol. The Morgan fingerprint density at radius 2 is 1.68 bits per heavy atom. The van der Waals surface area contributed by atoms with Gasteiger partial charge in [0.05, 0.1) is 0 Å². The summed E-state index contributed by atoms with van der Waals surface area (Å²) in [6.07, 6.45) is 8.36. The van der Waals surface area contributed by atoms with Crippen LogP contribution in [0.1, 0.15) is 76.8 Å². The van der Waals surface area contributed by atoms with Crippen molar-refractivity contribution in [1.29, 1.82) is 0 Å². The minimum Gasteiger partial charge on any atom is -0.203 e. The molecule has 0 N–H and O–H groups in total. The van der Waals surface area contributed by atoms with Crippen molar-refractivity contribution >= 4 is 5.57 Å². The summed E-state index contributed by atoms with van der Waals surface area (Å²) in [4.78, 5) is 0. The average Bonchev–Trinajstić information content (AvgIpc) is 2.77. The molecular formula is C27H34F4. The molecule has 0 aliphatic heterocycles. The van der Waals surface area contributed by atoms with E-state index in [1.807, 2.05) is 19.9 Å². The van der Waals surface area contributed by atoms with Crippen LogP contribution in [0.15, 0.2) is 54.2 Å². The average molecular weight is 435 g/mol. The molecule has 1 aliphatic carbocycles. The molecule has 0 heterocycles. The molecule has 2 unspecified atom stereocenters. The molecule has 1 aliphatic rings. The molecule has 0 saturated carbocycles. The molecule has 0 saturated heterocycles. The molecule has 0 amide bonds. The van der Waals surface area contributed by atoms with E-state index >= 15 is 0 Å². The van der Waals surface area contributed by atoms with E-state index in [1.165, 1.54) is 6.92 Å². The van der Waals surface area contributed by atoms with Gasteiger partial charge in [0, 0.05) is 5.56 Å². The van der Waals surface area contributed by atoms with Gasteiger partial charge in [0.1, 0.15) is 0 Å². The number of allylic oxidation sites excluding steroid dienone is 6. The molecular weight excluding hydrogens is 400 g/mol. The van der Waals surface area contributed by atoms with Crippen molar-refractivity contribution < 1.29 is 17.6 Å². The topological polar surface area (TPSA) is 0 Å². The van der Waals surface area contributed by atoms with E-state index in [1.54, 1.807) is 12.1 Å². The molecule has 170 valence electrons. The van der Waals surface area contributed by atoms with Gasteiger partial charge < -0.3 is 0 Å². The fraction of sp³-hybridized carbons (Fsp3) is 0.481. The second-order valence-electron chi connectivity index (χ2n) is 8.93. The van der Waals surface area contributed by atoms with Gasteiger partial charge in [-0.15, -0.1) is 0 Å². The third-order valence-electron chi connectivity index (χ3n) is 6.24. The van der Waals surface area contributed by atoms with Crippen LogP contribution in [0.3, 0.4) is 0 Å². The highest BCUT2D eigenvalue weighted by atomic mass is 19.2. The van der Waals surface area contributed by atoms with Gasteiger partial charge in [0.25, 0.3) is 0 Å². The van der Waals surface area contributed by atoms with Crippen LogP contribution < -0.4 is 0 Å². The second-order valence-corrected chi connectivity index (χ2v) is 8.93. The van der Waals surface area contributed by atoms with E-state index in [-0.39, 0.29) is 23.0 Å². The van der Waals surface area contributed by atoms with Crippen molar-refractivity contribution in [3.63, 3.8) is 0 Å². The van der Waals surface area contributed by atoms with Crippen molar-refractivity contribution in [3.8, 4) is 0 Å². The molecule has 31 heavy (non-hydrogen) atoms. The van der Waals surface area contributed by atoms with Gasteiger partial charge in [0.2, 0.25) is 0 Å². The van der Waals surface area contributed by atoms with Gasteiger partial charge >= 0.3 is 0 Å². The minimum atomic E-state index is -0.949. The zero-order valence-corrected chi connectivity index (χ0v) is 19.0. The lowest BCUT2D eigenvalue weighted by Gasteiger charge is -2.18. The highest BCUT2D eigenvalue weighted by Gasteiger charge is 2.19. The molecule has 2 rings (SSSR count). The Bertz CT molecular complexity index is 875. The van der Waals surface area contributed by atoms with Gasteiger partial charge in [0.15, 0.2) is 23.3 Å². The molecule has 0 radical (unpaired) electrons. The van der Waals surface area contributed by atoms with Crippen LogP contribution in [-0.4, -0.2) is 0 Å². The van der Waals surface area contributed by atoms with E-state index in [0.717, 1.165) is 37.7 Å². The Kier molecular flexibility index (Phi) is 9.33. The molecule has 1 aromatic rings. The van der Waals surface area contributed by atoms with E-state index in [4.69, 9.17) is 0 Å². The Hall–Kier alpha value is -2.10. The highest BCUT2D eigenvalue weighted by molar-refractivity contribution is 5.67. The van der Waals surface area contributed by atoms with Gasteiger partial charge in [-0.2, -0.15) is 0 Å². The zero-order chi connectivity index (χ0) is 23.1. The number of benzene rings is 1. The molecule has 2 atom stereocenters. The number of hydrogen-bond donors (Lipinski definition) is 0. The van der Waals surface area contributed by atoms with Crippen LogP contribution in [0.4, 0.5) is 17.6 Å². The van der Waals surface area contributed by atoms with E-state index in [2.05, 4.69) is 13.2 Å². The van der Waals surface area contributed by atoms with Crippen LogP contribution in [-0.2, 0) is 6.42 Å². The summed E-state index contributed by atoms with van der Waals surface area (Å²) in [6, 6.07) is 3.40. The third-order valence-corrected chi connectivity index (χ3v) is 6.24. The van der Waals surface area contributed by atoms with Crippen molar-refractivity contribution in [1.82, 2.24) is 0 Å². The first kappa shape index (κ1) is 25.2. The maximum absolute atomic E-state index is 14.6. The van der Waals surface area contributed by atoms with E-state index < -0.39 is 23.3 Å². The monoisotopic (exact) mass is 434 g/mol. The fourth-order valence-electron chi connectivity index (χ4n) is 3.91. The standard InChI is InChI=1S/C27H34F4/c1-17(2)24(28)25(29)20(5)19(4)13-11-18(3)12-14-22-15-16-23(27(31)26(22)30)21-9-7-6-8-10-21/h9,15-16,18-19H,1,5-8,10-14H2,2-4H3/b25-24-. The maximum atomic E-state index is 14.6. The molecule has 4 heteroatoms. The number of halogens is 4. The Balaban J connectivity index is 1.91. The Morgan fingerprint density at radius 3 is 2.29 bits per heavy atom. The lowest BCUT2D eigenvalue weighted by Crippen LogP contribution is -2.06. The largest absolute Gasteiger partial charge is 0.203 e. The smallest absolute Gasteiger partial charge is 0.166 e. The molecule has 1 aromatic carbocycles. The normalized spacial score (nSPS) is 16.9. The summed E-state index contributed by atoms with van der Waals surface area (Å²) in [6.45, 7) is 12.4. The first-order valence-corrected chi connectivity index (χ1v) is 11.2. The highest BCUT2D eigenvalue weighted by Crippen LogP contribution is 2.32. The first-order chi connectivity index (χ1) is 14.6. The molecule has 0 aromatic heterocycles. The lowest BCUT2D eigenvalue weighted by molar-refractivity contribution is 0.423. The zero-order valence-electron chi connectivity index (χ0n) is 19.0. The number of rotatable bonds is 10. The van der Waals surface area contributed by atoms with Crippen molar-refractivity contribution in [2.24, 2.45) is 11.8 Å². The molecule has 0 bridgehead atoms. The van der Waals surface area contributed by atoms with Crippen LogP contribution in [0.2, 0.25) is 0 Å². The molecule has 0 fully saturated rings. The number of aryl methyl sites for hydroxylation is 1. The first-order valence-electron chi connectivity index (χ1n) is 11.2. The minimum absolute atomic E-state index is 0.0410. The summed E-state index contributed by atoms with van der Waals surface area (Å²) in [5, 5.41) is 0. The van der Waals surface area contributed by atoms with Gasteiger partial charge in [-0.1, -0.05) is 51.6 Å². The van der Waals surface area contributed by atoms with Crippen molar-refractivity contribution in [3.05, 3.63) is 76.9 Å². The van der Waals surface area contributed by atoms with Crippen molar-refractivity contribution in [2.75, 3.05) is 0 Å². The van der Waals surface area contributed by atoms with E-state index in [9.17, 15) is 17.6 Å². The summed E-state index contributed by atoms with van der Waals surface area (Å²) in [7, 11) is 0. The van der Waals surface area contributed by atoms with Crippen LogP contribution in [0.25, 0.3) is 5.57 Å². The summed E-state index contributed by atoms with van der Waals surface area (Å²) in [5.41, 5.74) is 1.85. The summed E-state index contributed by atoms with van der Waals surface area (Å²) < 4.78 is 57.1. The lowest BCUT2D eigenvalue weighted by atomic mass is 9.88. The van der Waals surface area contributed by atoms with Gasteiger partial charge in [-0.3, -0.25) is 0 Å². The summed E-state index contributed by atoms with van der Waals surface area (Å²) >= 11 is 0. The van der Waals surface area contributed by atoms with E-state index in [0.29, 0.717) is 30.4 Å². The van der Waals surface area contributed by atoms with Crippen LogP contribution >= 0.6 is 0 Å². The maximum Gasteiger partial charge on any atom is 0.166 e. The quantitative estimate of drug-likeness (QED) is 0.254. The second kappa shape index (κ2) is 11.5.